The average molecular weight is 207 g/mol. The van der Waals surface area contributed by atoms with Gasteiger partial charge < -0.3 is 9.73 Å². The third-order valence-electron chi connectivity index (χ3n) is 2.05. The van der Waals surface area contributed by atoms with Crippen molar-refractivity contribution in [3.05, 3.63) is 18.2 Å². The molecule has 0 bridgehead atoms. The number of nitrogens with one attached hydrogen (secondary N) is 2. The fraction of sp³-hybridized carbons (Fsp3) is 0.444. The Balaban J connectivity index is 2.17. The van der Waals surface area contributed by atoms with Gasteiger partial charge in [0.25, 0.3) is 5.89 Å². The fourth-order valence-electron chi connectivity index (χ4n) is 1.29. The van der Waals surface area contributed by atoms with Crippen molar-refractivity contribution in [2.75, 3.05) is 6.54 Å². The Labute approximate surface area is 87.1 Å². The zero-order valence-electron chi connectivity index (χ0n) is 8.69. The number of H-pyrrole nitrogens is 1. The minimum atomic E-state index is 0.0687. The van der Waals surface area contributed by atoms with Crippen molar-refractivity contribution in [1.82, 2.24) is 25.7 Å². The molecule has 0 aliphatic heterocycles. The van der Waals surface area contributed by atoms with Gasteiger partial charge in [-0.05, 0) is 19.5 Å². The summed E-state index contributed by atoms with van der Waals surface area (Å²) in [6, 6.07) is 1.86. The molecule has 2 N–H and O–H groups in total. The monoisotopic (exact) mass is 207 g/mol. The van der Waals surface area contributed by atoms with Gasteiger partial charge in [0, 0.05) is 6.20 Å². The van der Waals surface area contributed by atoms with Gasteiger partial charge in [-0.2, -0.15) is 5.10 Å². The summed E-state index contributed by atoms with van der Waals surface area (Å²) in [7, 11) is 0. The highest BCUT2D eigenvalue weighted by Crippen LogP contribution is 2.17. The molecule has 6 nitrogen and oxygen atoms in total. The lowest BCUT2D eigenvalue weighted by molar-refractivity contribution is 0.428. The average Bonchev–Trinajstić information content (AvgIpc) is 2.89. The van der Waals surface area contributed by atoms with Crippen LogP contribution in [0.2, 0.25) is 0 Å². The molecule has 2 rings (SSSR count). The summed E-state index contributed by atoms with van der Waals surface area (Å²) >= 11 is 0. The van der Waals surface area contributed by atoms with E-state index in [2.05, 4.69) is 25.7 Å². The summed E-state index contributed by atoms with van der Waals surface area (Å²) in [6.07, 6.45) is 1.65. The molecule has 0 saturated carbocycles. The van der Waals surface area contributed by atoms with Crippen LogP contribution >= 0.6 is 0 Å². The summed E-state index contributed by atoms with van der Waals surface area (Å²) in [6.45, 7) is 4.87. The Morgan fingerprint density at radius 2 is 2.40 bits per heavy atom. The molecular weight excluding hydrogens is 194 g/mol. The fourth-order valence-corrected chi connectivity index (χ4v) is 1.29. The van der Waals surface area contributed by atoms with E-state index in [1.807, 2.05) is 13.8 Å². The Hall–Kier alpha value is -1.69. The van der Waals surface area contributed by atoms with Crippen LogP contribution in [-0.2, 0) is 0 Å². The zero-order chi connectivity index (χ0) is 10.7. The third-order valence-corrected chi connectivity index (χ3v) is 2.05. The molecule has 80 valence electrons. The quantitative estimate of drug-likeness (QED) is 0.785. The minimum absolute atomic E-state index is 0.0687. The summed E-state index contributed by atoms with van der Waals surface area (Å²) in [5.41, 5.74) is 0.734. The van der Waals surface area contributed by atoms with Gasteiger partial charge in [0.2, 0.25) is 5.89 Å². The Morgan fingerprint density at radius 3 is 3.07 bits per heavy atom. The predicted molar refractivity (Wildman–Crippen MR) is 54.0 cm³/mol. The van der Waals surface area contributed by atoms with Gasteiger partial charge in [0.15, 0.2) is 0 Å². The first-order chi connectivity index (χ1) is 7.31. The molecule has 0 saturated heterocycles. The Bertz CT molecular complexity index is 408. The number of nitrogens with zero attached hydrogens (tertiary/aromatic N) is 3. The van der Waals surface area contributed by atoms with E-state index in [4.69, 9.17) is 4.42 Å². The first kappa shape index (κ1) is 9.85. The van der Waals surface area contributed by atoms with E-state index in [9.17, 15) is 0 Å². The standard InChI is InChI=1S/C9H13N5O/c1-3-10-6(2)8-13-14-9(15-8)7-4-5-11-12-7/h4-6,10H,3H2,1-2H3,(H,11,12). The molecule has 0 amide bonds. The Kier molecular flexibility index (Phi) is 2.77. The number of hydrogen-bond acceptors (Lipinski definition) is 5. The molecular formula is C9H13N5O. The highest BCUT2D eigenvalue weighted by Gasteiger charge is 2.14. The van der Waals surface area contributed by atoms with Crippen molar-refractivity contribution in [3.8, 4) is 11.6 Å². The van der Waals surface area contributed by atoms with E-state index < -0.39 is 0 Å². The maximum atomic E-state index is 5.49. The van der Waals surface area contributed by atoms with E-state index in [0.29, 0.717) is 11.8 Å². The largest absolute Gasteiger partial charge is 0.418 e. The van der Waals surface area contributed by atoms with E-state index in [1.54, 1.807) is 12.3 Å². The summed E-state index contributed by atoms with van der Waals surface area (Å²) in [4.78, 5) is 0. The van der Waals surface area contributed by atoms with Crippen LogP contribution in [0, 0.1) is 0 Å². The molecule has 0 aliphatic rings. The maximum Gasteiger partial charge on any atom is 0.265 e. The van der Waals surface area contributed by atoms with Gasteiger partial charge in [-0.25, -0.2) is 0 Å². The number of hydrogen-bond donors (Lipinski definition) is 2. The lowest BCUT2D eigenvalue weighted by Gasteiger charge is -2.05. The van der Waals surface area contributed by atoms with Crippen LogP contribution in [0.25, 0.3) is 11.6 Å². The van der Waals surface area contributed by atoms with Crippen LogP contribution in [0.15, 0.2) is 16.7 Å². The van der Waals surface area contributed by atoms with Crippen LogP contribution in [0.1, 0.15) is 25.8 Å². The second-order valence-corrected chi connectivity index (χ2v) is 3.20. The van der Waals surface area contributed by atoms with Crippen molar-refractivity contribution in [2.45, 2.75) is 19.9 Å². The second-order valence-electron chi connectivity index (χ2n) is 3.20. The zero-order valence-corrected chi connectivity index (χ0v) is 8.69. The molecule has 2 aromatic rings. The molecule has 0 spiro atoms. The smallest absolute Gasteiger partial charge is 0.265 e. The molecule has 0 aliphatic carbocycles. The number of rotatable bonds is 4. The van der Waals surface area contributed by atoms with Gasteiger partial charge in [0.1, 0.15) is 5.69 Å². The normalized spacial score (nSPS) is 12.9. The van der Waals surface area contributed by atoms with E-state index in [-0.39, 0.29) is 6.04 Å². The van der Waals surface area contributed by atoms with Crippen molar-refractivity contribution in [2.24, 2.45) is 0 Å². The first-order valence-corrected chi connectivity index (χ1v) is 4.87. The molecule has 1 atom stereocenters. The summed E-state index contributed by atoms with van der Waals surface area (Å²) in [5, 5.41) is 17.7. The van der Waals surface area contributed by atoms with Crippen molar-refractivity contribution >= 4 is 0 Å². The van der Waals surface area contributed by atoms with Crippen LogP contribution < -0.4 is 5.32 Å². The topological polar surface area (TPSA) is 79.6 Å². The molecule has 0 aromatic carbocycles. The van der Waals surface area contributed by atoms with Crippen LogP contribution in [0.3, 0.4) is 0 Å². The van der Waals surface area contributed by atoms with Crippen LogP contribution in [0.5, 0.6) is 0 Å². The van der Waals surface area contributed by atoms with E-state index >= 15 is 0 Å². The predicted octanol–water partition coefficient (Wildman–Crippen LogP) is 1.13. The highest BCUT2D eigenvalue weighted by molar-refractivity contribution is 5.44. The highest BCUT2D eigenvalue weighted by atomic mass is 16.4. The van der Waals surface area contributed by atoms with Gasteiger partial charge in [-0.15, -0.1) is 10.2 Å². The van der Waals surface area contributed by atoms with Crippen LogP contribution in [0.4, 0.5) is 0 Å². The lowest BCUT2D eigenvalue weighted by Crippen LogP contribution is -2.17. The maximum absolute atomic E-state index is 5.49. The SMILES string of the molecule is CCNC(C)c1nnc(-c2ccn[nH]2)o1. The molecule has 1 unspecified atom stereocenters. The summed E-state index contributed by atoms with van der Waals surface area (Å²) in [5.74, 6) is 1.05. The second kappa shape index (κ2) is 4.22. The molecule has 6 heteroatoms. The molecule has 2 heterocycles. The molecule has 15 heavy (non-hydrogen) atoms. The molecule has 2 aromatic heterocycles. The van der Waals surface area contributed by atoms with Gasteiger partial charge in [-0.3, -0.25) is 5.10 Å². The van der Waals surface area contributed by atoms with E-state index in [0.717, 1.165) is 12.2 Å². The van der Waals surface area contributed by atoms with Crippen molar-refractivity contribution in [1.29, 1.82) is 0 Å². The van der Waals surface area contributed by atoms with Crippen molar-refractivity contribution < 1.29 is 4.42 Å². The summed E-state index contributed by atoms with van der Waals surface area (Å²) < 4.78 is 5.49. The number of aromatic amines is 1. The lowest BCUT2D eigenvalue weighted by atomic mass is 10.3. The first-order valence-electron chi connectivity index (χ1n) is 4.87. The third kappa shape index (κ3) is 2.04. The Morgan fingerprint density at radius 1 is 1.53 bits per heavy atom. The molecule has 0 fully saturated rings. The van der Waals surface area contributed by atoms with Crippen molar-refractivity contribution in [3.63, 3.8) is 0 Å². The minimum Gasteiger partial charge on any atom is -0.418 e. The van der Waals surface area contributed by atoms with Gasteiger partial charge in [0.05, 0.1) is 6.04 Å². The number of aromatic nitrogens is 4. The molecule has 0 radical (unpaired) electrons. The van der Waals surface area contributed by atoms with Gasteiger partial charge >= 0.3 is 0 Å². The van der Waals surface area contributed by atoms with E-state index in [1.165, 1.54) is 0 Å². The van der Waals surface area contributed by atoms with Crippen LogP contribution in [-0.4, -0.2) is 26.9 Å². The van der Waals surface area contributed by atoms with Gasteiger partial charge in [-0.1, -0.05) is 6.92 Å².